The first-order chi connectivity index (χ1) is 48.1. The van der Waals surface area contributed by atoms with Gasteiger partial charge in [0.05, 0.1) is 5.69 Å². The quantitative estimate of drug-likeness (QED) is 0.142. The highest BCUT2D eigenvalue weighted by Crippen LogP contribution is 2.53. The van der Waals surface area contributed by atoms with Gasteiger partial charge in [-0.3, -0.25) is 0 Å². The molecule has 0 unspecified atom stereocenters. The third-order valence-electron chi connectivity index (χ3n) is 21.3. The van der Waals surface area contributed by atoms with Gasteiger partial charge in [0, 0.05) is 39.6 Å². The number of anilines is 6. The zero-order valence-corrected chi connectivity index (χ0v) is 59.4. The monoisotopic (exact) mass is 1290 g/mol. The molecule has 0 aromatic heterocycles. The topological polar surface area (TPSA) is 24.9 Å². The van der Waals surface area contributed by atoms with Gasteiger partial charge in [-0.1, -0.05) is 308 Å². The Bertz CT molecular complexity index is 5280. The Morgan fingerprint density at radius 2 is 0.580 bits per heavy atom. The molecule has 0 radical (unpaired) electrons. The predicted molar refractivity (Wildman–Crippen MR) is 426 cm³/mol. The number of benzene rings is 13. The van der Waals surface area contributed by atoms with Gasteiger partial charge in [0.2, 0.25) is 0 Å². The van der Waals surface area contributed by atoms with E-state index in [2.05, 4.69) is 372 Å². The smallest absolute Gasteiger partial charge is 0.256 e. The summed E-state index contributed by atoms with van der Waals surface area (Å²) in [4.78, 5) is 5.22. The van der Waals surface area contributed by atoms with E-state index in [4.69, 9.17) is 9.47 Å². The van der Waals surface area contributed by atoms with Crippen LogP contribution in [0.15, 0.2) is 279 Å². The van der Waals surface area contributed by atoms with E-state index in [1.54, 1.807) is 0 Å². The van der Waals surface area contributed by atoms with Crippen LogP contribution in [0.4, 0.5) is 34.1 Å². The molecule has 0 saturated carbocycles. The highest BCUT2D eigenvalue weighted by Gasteiger charge is 2.48. The maximum absolute atomic E-state index is 7.72. The summed E-state index contributed by atoms with van der Waals surface area (Å²) >= 11 is 0. The predicted octanol–water partition coefficient (Wildman–Crippen LogP) is 21.7. The average molecular weight is 1290 g/mol. The van der Waals surface area contributed by atoms with Crippen molar-refractivity contribution in [3.05, 3.63) is 301 Å². The van der Waals surface area contributed by atoms with E-state index in [0.29, 0.717) is 0 Å². The Balaban J connectivity index is 1.02. The van der Waals surface area contributed by atoms with Gasteiger partial charge in [0.15, 0.2) is 0 Å². The van der Waals surface area contributed by atoms with Crippen LogP contribution in [-0.2, 0) is 21.7 Å². The lowest BCUT2D eigenvalue weighted by atomic mass is 9.30. The van der Waals surface area contributed by atoms with Gasteiger partial charge < -0.3 is 19.3 Å². The Morgan fingerprint density at radius 3 is 0.970 bits per heavy atom. The van der Waals surface area contributed by atoms with Gasteiger partial charge in [-0.15, -0.1) is 0 Å². The zero-order valence-electron chi connectivity index (χ0n) is 59.4. The standard InChI is InChI=1S/C94H82B2N2O2/c1-91(2,3)69-45-65(46-70(55-69)92(4,5)6)67-49-82-88-86(53-67)99-84-51-63(59-29-18-13-19-30-59)41-43-76(84)95(88)78-57-79-81(58-80(78)97(82)73-37-26-17-27-38-73)98(90-74(61-33-22-15-23-34-61)39-28-40-75(90)62-35-24-16-25-36-62)83-50-68(66-47-71(93(7,8)9)56-72(48-66)94(10,11)12)54-87-89(83)96(79)77-44-42-64(52-85(77)100-87)60-31-20-14-21-32-60/h13-58H,1-12H3. The number of fused-ring (bicyclic) bond motifs is 8. The molecule has 100 heavy (non-hydrogen) atoms. The lowest BCUT2D eigenvalue weighted by Gasteiger charge is -2.45. The van der Waals surface area contributed by atoms with Crippen LogP contribution in [0.1, 0.15) is 105 Å². The maximum Gasteiger partial charge on any atom is 0.256 e. The van der Waals surface area contributed by atoms with Crippen LogP contribution in [-0.4, -0.2) is 13.4 Å². The lowest BCUT2D eigenvalue weighted by Crippen LogP contribution is -2.63. The summed E-state index contributed by atoms with van der Waals surface area (Å²) in [6, 6.07) is 105. The molecule has 4 aliphatic heterocycles. The van der Waals surface area contributed by atoms with E-state index in [1.807, 2.05) is 0 Å². The van der Waals surface area contributed by atoms with Crippen molar-refractivity contribution in [1.29, 1.82) is 0 Å². The summed E-state index contributed by atoms with van der Waals surface area (Å²) in [6.07, 6.45) is 0. The van der Waals surface area contributed by atoms with Gasteiger partial charge in [-0.05, 0) is 187 Å². The molecular weight excluding hydrogens is 1210 g/mol. The van der Waals surface area contributed by atoms with Crippen LogP contribution >= 0.6 is 0 Å². The summed E-state index contributed by atoms with van der Waals surface area (Å²) < 4.78 is 15.3. The lowest BCUT2D eigenvalue weighted by molar-refractivity contribution is 0.487. The third kappa shape index (κ3) is 10.8. The van der Waals surface area contributed by atoms with Crippen LogP contribution in [0.5, 0.6) is 23.0 Å². The number of ether oxygens (including phenoxy) is 2. The van der Waals surface area contributed by atoms with E-state index in [9.17, 15) is 0 Å². The number of nitrogens with zero attached hydrogens (tertiary/aromatic N) is 2. The molecule has 0 aliphatic carbocycles. The van der Waals surface area contributed by atoms with Gasteiger partial charge in [-0.25, -0.2) is 0 Å². The Labute approximate surface area is 591 Å². The van der Waals surface area contributed by atoms with Crippen LogP contribution < -0.4 is 52.1 Å². The molecule has 4 aliphatic rings. The highest BCUT2D eigenvalue weighted by atomic mass is 16.5. The molecule has 0 atom stereocenters. The van der Waals surface area contributed by atoms with E-state index >= 15 is 0 Å². The van der Waals surface area contributed by atoms with Crippen molar-refractivity contribution in [1.82, 2.24) is 0 Å². The Hall–Kier alpha value is -10.8. The third-order valence-corrected chi connectivity index (χ3v) is 21.3. The molecule has 0 saturated heterocycles. The van der Waals surface area contributed by atoms with Crippen molar-refractivity contribution in [3.8, 4) is 89.8 Å². The van der Waals surface area contributed by atoms with Crippen LogP contribution in [0.3, 0.4) is 0 Å². The van der Waals surface area contributed by atoms with E-state index < -0.39 is 0 Å². The summed E-state index contributed by atoms with van der Waals surface area (Å²) in [6.45, 7) is 27.5. The number of hydrogen-bond acceptors (Lipinski definition) is 4. The number of rotatable bonds is 8. The molecule has 17 rings (SSSR count). The normalized spacial score (nSPS) is 13.5. The van der Waals surface area contributed by atoms with Crippen molar-refractivity contribution in [2.24, 2.45) is 0 Å². The molecule has 0 fully saturated rings. The minimum absolute atomic E-state index is 0.104. The van der Waals surface area contributed by atoms with E-state index in [-0.39, 0.29) is 35.1 Å². The number of para-hydroxylation sites is 2. The largest absolute Gasteiger partial charge is 0.458 e. The molecule has 4 heterocycles. The first kappa shape index (κ1) is 62.7. The van der Waals surface area contributed by atoms with Crippen molar-refractivity contribution in [3.63, 3.8) is 0 Å². The number of hydrogen-bond donors (Lipinski definition) is 0. The second kappa shape index (κ2) is 23.4. The fourth-order valence-electron chi connectivity index (χ4n) is 15.8. The second-order valence-electron chi connectivity index (χ2n) is 32.1. The van der Waals surface area contributed by atoms with Crippen molar-refractivity contribution in [2.45, 2.75) is 105 Å². The van der Waals surface area contributed by atoms with E-state index in [1.165, 1.54) is 38.7 Å². The van der Waals surface area contributed by atoms with Crippen molar-refractivity contribution in [2.75, 3.05) is 9.80 Å². The first-order valence-electron chi connectivity index (χ1n) is 35.6. The Morgan fingerprint density at radius 1 is 0.240 bits per heavy atom. The molecule has 0 amide bonds. The average Bonchev–Trinajstić information content (AvgIpc) is 0.687. The summed E-state index contributed by atoms with van der Waals surface area (Å²) in [5.74, 6) is 3.42. The molecule has 6 heteroatoms. The molecule has 13 aromatic carbocycles. The van der Waals surface area contributed by atoms with Crippen molar-refractivity contribution >= 4 is 80.3 Å². The molecular formula is C94H82B2N2O2. The molecule has 0 bridgehead atoms. The van der Waals surface area contributed by atoms with Crippen molar-refractivity contribution < 1.29 is 9.47 Å². The minimum atomic E-state index is -0.264. The molecule has 4 nitrogen and oxygen atoms in total. The zero-order chi connectivity index (χ0) is 68.7. The van der Waals surface area contributed by atoms with Gasteiger partial charge in [-0.2, -0.15) is 0 Å². The van der Waals surface area contributed by atoms with Crippen LogP contribution in [0.2, 0.25) is 0 Å². The van der Waals surface area contributed by atoms with Crippen LogP contribution in [0, 0.1) is 0 Å². The summed E-state index contributed by atoms with van der Waals surface area (Å²) in [5.41, 5.74) is 31.7. The summed E-state index contributed by atoms with van der Waals surface area (Å²) in [7, 11) is 0. The minimum Gasteiger partial charge on any atom is -0.458 e. The fraction of sp³-hybridized carbons (Fsp3) is 0.170. The molecule has 486 valence electrons. The van der Waals surface area contributed by atoms with Crippen LogP contribution in [0.25, 0.3) is 66.8 Å². The molecule has 0 spiro atoms. The molecule has 0 N–H and O–H groups in total. The van der Waals surface area contributed by atoms with E-state index in [0.717, 1.165) is 140 Å². The van der Waals surface area contributed by atoms with Gasteiger partial charge in [0.1, 0.15) is 23.0 Å². The fourth-order valence-corrected chi connectivity index (χ4v) is 15.8. The van der Waals surface area contributed by atoms with Gasteiger partial charge in [0.25, 0.3) is 13.4 Å². The maximum atomic E-state index is 7.72. The SMILES string of the molecule is CC(C)(C)c1cc(-c2cc3c4c(c2)N(c2ccccc2)c2cc5c(cc2B4c2ccc(-c4ccccc4)cc2O3)B2c3ccc(-c4ccccc4)cc3Oc3cc(-c4cc(C(C)(C)C)cc(C(C)(C)C)c4)cc(c32)N5c2c(-c3ccccc3)cccc2-c2ccccc2)cc(C(C)(C)C)c1. The highest BCUT2D eigenvalue weighted by molar-refractivity contribution is 7.02. The van der Waals surface area contributed by atoms with Gasteiger partial charge >= 0.3 is 0 Å². The summed E-state index contributed by atoms with van der Waals surface area (Å²) in [5, 5.41) is 0. The first-order valence-corrected chi connectivity index (χ1v) is 35.6. The second-order valence-corrected chi connectivity index (χ2v) is 32.1. The Kier molecular flexibility index (Phi) is 14.7. The molecule has 13 aromatic rings.